The van der Waals surface area contributed by atoms with E-state index in [9.17, 15) is 8.42 Å². The molecular weight excluding hydrogens is 522 g/mol. The molecule has 2 heterocycles. The van der Waals surface area contributed by atoms with E-state index in [2.05, 4.69) is 67.3 Å². The summed E-state index contributed by atoms with van der Waals surface area (Å²) in [6.07, 6.45) is 3.04. The summed E-state index contributed by atoms with van der Waals surface area (Å²) in [7, 11) is -1.10. The largest absolute Gasteiger partial charge is 0.369 e. The van der Waals surface area contributed by atoms with Crippen LogP contribution in [-0.2, 0) is 10.0 Å². The maximum Gasteiger partial charge on any atom is 0.229 e. The van der Waals surface area contributed by atoms with Gasteiger partial charge in [0.25, 0.3) is 0 Å². The maximum absolute atomic E-state index is 12.2. The van der Waals surface area contributed by atoms with E-state index in [-0.39, 0.29) is 11.3 Å². The number of anilines is 5. The SMILES string of the molecule is Cc1cc(N2CCN(C)CC2)ccc1Nc1ncc(Cl)c(Nc2ccc(C(C)NS(=O)(=O)C3CC3)cc2)n1. The van der Waals surface area contributed by atoms with Crippen molar-refractivity contribution in [2.75, 3.05) is 48.8 Å². The number of hydrogen-bond acceptors (Lipinski definition) is 8. The van der Waals surface area contributed by atoms with Crippen LogP contribution < -0.4 is 20.3 Å². The van der Waals surface area contributed by atoms with Gasteiger partial charge in [0.15, 0.2) is 5.82 Å². The Morgan fingerprint density at radius 2 is 1.74 bits per heavy atom. The van der Waals surface area contributed by atoms with E-state index in [1.54, 1.807) is 6.20 Å². The quantitative estimate of drug-likeness (QED) is 0.345. The molecule has 1 saturated carbocycles. The molecule has 202 valence electrons. The first-order valence-corrected chi connectivity index (χ1v) is 14.8. The van der Waals surface area contributed by atoms with E-state index in [0.29, 0.717) is 16.8 Å². The monoisotopic (exact) mass is 555 g/mol. The van der Waals surface area contributed by atoms with Crippen molar-refractivity contribution >= 4 is 50.5 Å². The van der Waals surface area contributed by atoms with Gasteiger partial charge in [-0.2, -0.15) is 4.98 Å². The highest BCUT2D eigenvalue weighted by atomic mass is 35.5. The fourth-order valence-corrected chi connectivity index (χ4v) is 6.18. The second-order valence-corrected chi connectivity index (χ2v) is 12.5. The number of nitrogens with zero attached hydrogens (tertiary/aromatic N) is 4. The topological polar surface area (TPSA) is 102 Å². The van der Waals surface area contributed by atoms with Crippen molar-refractivity contribution in [1.82, 2.24) is 19.6 Å². The molecule has 3 aromatic rings. The van der Waals surface area contributed by atoms with Crippen LogP contribution in [0, 0.1) is 6.92 Å². The number of halogens is 1. The van der Waals surface area contributed by atoms with E-state index in [0.717, 1.165) is 61.5 Å². The van der Waals surface area contributed by atoms with Crippen LogP contribution in [0.4, 0.5) is 28.8 Å². The van der Waals surface area contributed by atoms with Crippen molar-refractivity contribution in [2.45, 2.75) is 38.0 Å². The molecule has 5 rings (SSSR count). The Labute approximate surface area is 229 Å². The molecule has 1 unspecified atom stereocenters. The van der Waals surface area contributed by atoms with E-state index in [4.69, 9.17) is 11.6 Å². The molecule has 2 fully saturated rings. The number of likely N-dealkylation sites (N-methyl/N-ethyl adjacent to an activating group) is 1. The van der Waals surface area contributed by atoms with Crippen LogP contribution in [0.15, 0.2) is 48.7 Å². The molecule has 1 atom stereocenters. The highest BCUT2D eigenvalue weighted by molar-refractivity contribution is 7.90. The van der Waals surface area contributed by atoms with E-state index < -0.39 is 10.0 Å². The van der Waals surface area contributed by atoms with Gasteiger partial charge >= 0.3 is 0 Å². The molecule has 1 aliphatic carbocycles. The molecule has 0 spiro atoms. The van der Waals surface area contributed by atoms with Gasteiger partial charge in [0.1, 0.15) is 5.02 Å². The standard InChI is InChI=1S/C27H34ClN7O2S/c1-18-16-22(35-14-12-34(3)13-15-35)8-11-25(18)31-27-29-17-24(28)26(32-27)30-21-6-4-20(5-7-21)19(2)33-38(36,37)23-9-10-23/h4-8,11,16-17,19,23,33H,9-10,12-15H2,1-3H3,(H2,29,30,31,32). The van der Waals surface area contributed by atoms with Crippen molar-refractivity contribution in [2.24, 2.45) is 0 Å². The average Bonchev–Trinajstić information content (AvgIpc) is 3.74. The summed E-state index contributed by atoms with van der Waals surface area (Å²) < 4.78 is 27.3. The van der Waals surface area contributed by atoms with Gasteiger partial charge < -0.3 is 20.4 Å². The third-order valence-electron chi connectivity index (χ3n) is 7.05. The molecule has 9 nitrogen and oxygen atoms in total. The van der Waals surface area contributed by atoms with Crippen LogP contribution in [0.3, 0.4) is 0 Å². The molecule has 0 amide bonds. The zero-order valence-corrected chi connectivity index (χ0v) is 23.5. The van der Waals surface area contributed by atoms with Gasteiger partial charge in [-0.3, -0.25) is 0 Å². The number of rotatable bonds is 9. The Morgan fingerprint density at radius 1 is 1.03 bits per heavy atom. The first-order chi connectivity index (χ1) is 18.2. The number of piperazine rings is 1. The lowest BCUT2D eigenvalue weighted by atomic mass is 10.1. The maximum atomic E-state index is 12.2. The number of sulfonamides is 1. The minimum absolute atomic E-state index is 0.243. The lowest BCUT2D eigenvalue weighted by Crippen LogP contribution is -2.44. The lowest BCUT2D eigenvalue weighted by molar-refractivity contribution is 0.313. The van der Waals surface area contributed by atoms with Gasteiger partial charge in [-0.1, -0.05) is 23.7 Å². The highest BCUT2D eigenvalue weighted by Gasteiger charge is 2.36. The minimum Gasteiger partial charge on any atom is -0.369 e. The Kier molecular flexibility index (Phi) is 7.76. The number of nitrogens with one attached hydrogen (secondary N) is 3. The smallest absolute Gasteiger partial charge is 0.229 e. The van der Waals surface area contributed by atoms with Gasteiger partial charge in [0, 0.05) is 49.3 Å². The van der Waals surface area contributed by atoms with Crippen molar-refractivity contribution in [3.05, 3.63) is 64.8 Å². The summed E-state index contributed by atoms with van der Waals surface area (Å²) in [5, 5.41) is 6.70. The summed E-state index contributed by atoms with van der Waals surface area (Å²) >= 11 is 6.39. The average molecular weight is 556 g/mol. The van der Waals surface area contributed by atoms with E-state index in [1.165, 1.54) is 5.69 Å². The third kappa shape index (κ3) is 6.37. The van der Waals surface area contributed by atoms with Gasteiger partial charge in [-0.15, -0.1) is 0 Å². The van der Waals surface area contributed by atoms with Crippen LogP contribution >= 0.6 is 11.6 Å². The Balaban J connectivity index is 1.24. The normalized spacial score (nSPS) is 17.3. The number of benzene rings is 2. The van der Waals surface area contributed by atoms with E-state index >= 15 is 0 Å². The van der Waals surface area contributed by atoms with Gasteiger partial charge in [0.05, 0.1) is 11.4 Å². The number of aryl methyl sites for hydroxylation is 1. The summed E-state index contributed by atoms with van der Waals surface area (Å²) in [6.45, 7) is 8.09. The van der Waals surface area contributed by atoms with Crippen LogP contribution in [0.1, 0.15) is 36.9 Å². The molecular formula is C27H34ClN7O2S. The molecule has 1 aromatic heterocycles. The van der Waals surface area contributed by atoms with Crippen molar-refractivity contribution < 1.29 is 8.42 Å². The predicted octanol–water partition coefficient (Wildman–Crippen LogP) is 4.82. The Morgan fingerprint density at radius 3 is 2.39 bits per heavy atom. The third-order valence-corrected chi connectivity index (χ3v) is 9.35. The van der Waals surface area contributed by atoms with Gasteiger partial charge in [-0.05, 0) is 75.2 Å². The second kappa shape index (κ2) is 11.1. The van der Waals surface area contributed by atoms with Crippen molar-refractivity contribution in [1.29, 1.82) is 0 Å². The van der Waals surface area contributed by atoms with Crippen LogP contribution in [0.5, 0.6) is 0 Å². The summed E-state index contributed by atoms with van der Waals surface area (Å²) in [4.78, 5) is 13.7. The lowest BCUT2D eigenvalue weighted by Gasteiger charge is -2.34. The van der Waals surface area contributed by atoms with Crippen molar-refractivity contribution in [3.8, 4) is 0 Å². The van der Waals surface area contributed by atoms with Crippen LogP contribution in [-0.4, -0.2) is 61.8 Å². The molecule has 38 heavy (non-hydrogen) atoms. The molecule has 1 aliphatic heterocycles. The molecule has 0 radical (unpaired) electrons. The molecule has 2 aromatic carbocycles. The van der Waals surface area contributed by atoms with Crippen LogP contribution in [0.25, 0.3) is 0 Å². The second-order valence-electron chi connectivity index (χ2n) is 10.1. The molecule has 0 bridgehead atoms. The van der Waals surface area contributed by atoms with Gasteiger partial charge in [-0.25, -0.2) is 18.1 Å². The summed E-state index contributed by atoms with van der Waals surface area (Å²) in [5.74, 6) is 0.915. The summed E-state index contributed by atoms with van der Waals surface area (Å²) in [6, 6.07) is 13.6. The highest BCUT2D eigenvalue weighted by Crippen LogP contribution is 2.30. The first kappa shape index (κ1) is 26.7. The van der Waals surface area contributed by atoms with E-state index in [1.807, 2.05) is 31.2 Å². The Bertz CT molecular complexity index is 1390. The number of hydrogen-bond donors (Lipinski definition) is 3. The fourth-order valence-electron chi connectivity index (χ4n) is 4.47. The van der Waals surface area contributed by atoms with Crippen LogP contribution in [0.2, 0.25) is 5.02 Å². The minimum atomic E-state index is -3.25. The number of aromatic nitrogens is 2. The summed E-state index contributed by atoms with van der Waals surface area (Å²) in [5.41, 5.74) is 4.93. The first-order valence-electron chi connectivity index (χ1n) is 12.9. The predicted molar refractivity (Wildman–Crippen MR) is 154 cm³/mol. The Hall–Kier alpha value is -2.92. The van der Waals surface area contributed by atoms with Crippen molar-refractivity contribution in [3.63, 3.8) is 0 Å². The molecule has 11 heteroatoms. The zero-order chi connectivity index (χ0) is 26.9. The fraction of sp³-hybridized carbons (Fsp3) is 0.407. The molecule has 3 N–H and O–H groups in total. The molecule has 2 aliphatic rings. The molecule has 1 saturated heterocycles. The van der Waals surface area contributed by atoms with Gasteiger partial charge in [0.2, 0.25) is 16.0 Å². The zero-order valence-electron chi connectivity index (χ0n) is 21.9.